The molecule has 0 amide bonds. The van der Waals surface area contributed by atoms with Crippen LogP contribution in [-0.2, 0) is 12.8 Å². The molecule has 0 aromatic heterocycles. The Morgan fingerprint density at radius 1 is 0.889 bits per heavy atom. The van der Waals surface area contributed by atoms with Crippen molar-refractivity contribution in [2.45, 2.75) is 33.1 Å². The first-order valence-electron chi connectivity index (χ1n) is 9.96. The molecule has 2 aromatic rings. The molecule has 0 bridgehead atoms. The number of hydrogen-bond donors (Lipinski definition) is 1. The molecule has 134 valence electrons. The maximum absolute atomic E-state index is 3.49. The van der Waals surface area contributed by atoms with Crippen molar-refractivity contribution in [3.63, 3.8) is 0 Å². The minimum atomic E-state index is 0.664. The average Bonchev–Trinajstić information content (AvgIpc) is 2.96. The van der Waals surface area contributed by atoms with Crippen molar-refractivity contribution in [2.75, 3.05) is 0 Å². The summed E-state index contributed by atoms with van der Waals surface area (Å²) in [5.74, 6) is 0.664. The van der Waals surface area contributed by atoms with Gasteiger partial charge in [0.1, 0.15) is 0 Å². The van der Waals surface area contributed by atoms with E-state index in [1.807, 2.05) is 6.20 Å². The number of hydrogen-bond acceptors (Lipinski definition) is 1. The summed E-state index contributed by atoms with van der Waals surface area (Å²) in [6.07, 6.45) is 16.3. The Bertz CT molecular complexity index is 1240. The normalized spacial score (nSPS) is 19.9. The molecular formula is C26H25N. The van der Waals surface area contributed by atoms with E-state index < -0.39 is 0 Å². The van der Waals surface area contributed by atoms with Crippen molar-refractivity contribution in [3.8, 4) is 0 Å². The van der Waals surface area contributed by atoms with Gasteiger partial charge in [0.05, 0.1) is 0 Å². The van der Waals surface area contributed by atoms with Crippen LogP contribution in [0.25, 0.3) is 11.6 Å². The number of aryl methyl sites for hydroxylation is 1. The molecule has 0 fully saturated rings. The van der Waals surface area contributed by atoms with Gasteiger partial charge in [-0.2, -0.15) is 0 Å². The summed E-state index contributed by atoms with van der Waals surface area (Å²) < 4.78 is 0. The largest absolute Gasteiger partial charge is 0.361 e. The Hall–Kier alpha value is -2.80. The summed E-state index contributed by atoms with van der Waals surface area (Å²) in [6.45, 7) is 4.57. The molecule has 3 aliphatic rings. The van der Waals surface area contributed by atoms with Gasteiger partial charge >= 0.3 is 0 Å². The van der Waals surface area contributed by atoms with E-state index >= 15 is 0 Å². The van der Waals surface area contributed by atoms with Crippen LogP contribution in [0.3, 0.4) is 0 Å². The van der Waals surface area contributed by atoms with Crippen molar-refractivity contribution < 1.29 is 0 Å². The molecule has 1 nitrogen and oxygen atoms in total. The molecule has 27 heavy (non-hydrogen) atoms. The average molecular weight is 351 g/mol. The highest BCUT2D eigenvalue weighted by Gasteiger charge is 2.21. The Kier molecular flexibility index (Phi) is 3.89. The lowest BCUT2D eigenvalue weighted by Crippen LogP contribution is -2.28. The van der Waals surface area contributed by atoms with Gasteiger partial charge in [-0.25, -0.2) is 0 Å². The lowest BCUT2D eigenvalue weighted by Gasteiger charge is -2.26. The zero-order valence-electron chi connectivity index (χ0n) is 16.0. The molecule has 1 aliphatic heterocycles. The van der Waals surface area contributed by atoms with Crippen LogP contribution < -0.4 is 15.8 Å². The fourth-order valence-electron chi connectivity index (χ4n) is 4.77. The van der Waals surface area contributed by atoms with Gasteiger partial charge in [0.2, 0.25) is 0 Å². The molecule has 1 heterocycles. The molecule has 1 atom stereocenters. The summed E-state index contributed by atoms with van der Waals surface area (Å²) in [7, 11) is 0. The Balaban J connectivity index is 1.85. The van der Waals surface area contributed by atoms with E-state index in [-0.39, 0.29) is 0 Å². The van der Waals surface area contributed by atoms with Crippen molar-refractivity contribution in [2.24, 2.45) is 5.92 Å². The molecule has 5 rings (SSSR count). The first kappa shape index (κ1) is 16.4. The molecular weight excluding hydrogens is 326 g/mol. The van der Waals surface area contributed by atoms with E-state index in [2.05, 4.69) is 79.9 Å². The minimum Gasteiger partial charge on any atom is -0.361 e. The second-order valence-corrected chi connectivity index (χ2v) is 8.08. The molecule has 1 unspecified atom stereocenters. The van der Waals surface area contributed by atoms with E-state index in [1.54, 1.807) is 5.56 Å². The second-order valence-electron chi connectivity index (χ2n) is 8.08. The lowest BCUT2D eigenvalue weighted by atomic mass is 9.80. The topological polar surface area (TPSA) is 12.0 Å². The number of allylic oxidation sites excluding steroid dienone is 5. The summed E-state index contributed by atoms with van der Waals surface area (Å²) in [4.78, 5) is 0. The van der Waals surface area contributed by atoms with E-state index in [0.717, 1.165) is 12.8 Å². The van der Waals surface area contributed by atoms with Crippen LogP contribution in [0.2, 0.25) is 0 Å². The highest BCUT2D eigenvalue weighted by Crippen LogP contribution is 2.28. The van der Waals surface area contributed by atoms with Crippen molar-refractivity contribution in [1.29, 1.82) is 0 Å². The van der Waals surface area contributed by atoms with Gasteiger partial charge in [-0.1, -0.05) is 61.0 Å². The molecule has 0 radical (unpaired) electrons. The van der Waals surface area contributed by atoms with Gasteiger partial charge < -0.3 is 5.32 Å². The standard InChI is InChI=1S/C26H25N/c1-17-7-8-19-9-10-21-20(23(19)14-17)11-12-22-24(21)15-18(2)16-25(22)26-6-4-3-5-13-27-26/h3-9,11-14,18,27H,10,15-16H2,1-2H3. The zero-order chi connectivity index (χ0) is 18.4. The number of rotatable bonds is 1. The first-order chi connectivity index (χ1) is 13.2. The Labute approximate surface area is 160 Å². The summed E-state index contributed by atoms with van der Waals surface area (Å²) in [6, 6.07) is 11.6. The van der Waals surface area contributed by atoms with Crippen molar-refractivity contribution >= 4 is 11.6 Å². The fraction of sp³-hybridized carbons (Fsp3) is 0.231. The van der Waals surface area contributed by atoms with Crippen molar-refractivity contribution in [3.05, 3.63) is 104 Å². The molecule has 0 saturated heterocycles. The monoisotopic (exact) mass is 351 g/mol. The van der Waals surface area contributed by atoms with Crippen LogP contribution in [0, 0.1) is 23.3 Å². The minimum absolute atomic E-state index is 0.664. The molecule has 1 N–H and O–H groups in total. The van der Waals surface area contributed by atoms with Gasteiger partial charge in [-0.15, -0.1) is 0 Å². The number of fused-ring (bicyclic) bond motifs is 4. The summed E-state index contributed by atoms with van der Waals surface area (Å²) >= 11 is 0. The Morgan fingerprint density at radius 2 is 1.78 bits per heavy atom. The SMILES string of the molecule is Cc1ccc2c(c1)=c1ccc3c(c1CC=2)CC(C)CC=3C1=CC=CC=CN1. The third-order valence-electron chi connectivity index (χ3n) is 6.03. The number of nitrogens with one attached hydrogen (secondary N) is 1. The van der Waals surface area contributed by atoms with Gasteiger partial charge in [-0.3, -0.25) is 0 Å². The number of benzene rings is 2. The van der Waals surface area contributed by atoms with Crippen LogP contribution in [0.1, 0.15) is 30.0 Å². The van der Waals surface area contributed by atoms with Crippen LogP contribution in [0.15, 0.2) is 66.5 Å². The fourth-order valence-corrected chi connectivity index (χ4v) is 4.77. The molecule has 0 saturated carbocycles. The predicted molar refractivity (Wildman–Crippen MR) is 113 cm³/mol. The van der Waals surface area contributed by atoms with Crippen molar-refractivity contribution in [1.82, 2.24) is 5.32 Å². The third-order valence-corrected chi connectivity index (χ3v) is 6.03. The van der Waals surface area contributed by atoms with Crippen LogP contribution >= 0.6 is 0 Å². The van der Waals surface area contributed by atoms with Gasteiger partial charge in [0.25, 0.3) is 0 Å². The summed E-state index contributed by atoms with van der Waals surface area (Å²) in [5, 5.41) is 9.15. The second kappa shape index (κ2) is 6.42. The van der Waals surface area contributed by atoms with Gasteiger partial charge in [0, 0.05) is 11.9 Å². The lowest BCUT2D eigenvalue weighted by molar-refractivity contribution is 0.576. The zero-order valence-corrected chi connectivity index (χ0v) is 16.0. The molecule has 2 aromatic carbocycles. The van der Waals surface area contributed by atoms with Gasteiger partial charge in [0.15, 0.2) is 0 Å². The van der Waals surface area contributed by atoms with E-state index in [1.165, 1.54) is 49.7 Å². The smallest absolute Gasteiger partial charge is 0.0418 e. The quantitative estimate of drug-likeness (QED) is 0.821. The summed E-state index contributed by atoms with van der Waals surface area (Å²) in [5.41, 5.74) is 7.13. The highest BCUT2D eigenvalue weighted by molar-refractivity contribution is 5.68. The predicted octanol–water partition coefficient (Wildman–Crippen LogP) is 3.91. The maximum Gasteiger partial charge on any atom is 0.0418 e. The Morgan fingerprint density at radius 3 is 2.70 bits per heavy atom. The van der Waals surface area contributed by atoms with E-state index in [4.69, 9.17) is 0 Å². The van der Waals surface area contributed by atoms with Crippen LogP contribution in [0.4, 0.5) is 0 Å². The van der Waals surface area contributed by atoms with E-state index in [0.29, 0.717) is 5.92 Å². The highest BCUT2D eigenvalue weighted by atomic mass is 14.9. The van der Waals surface area contributed by atoms with Gasteiger partial charge in [-0.05, 0) is 81.8 Å². The molecule has 1 heteroatoms. The first-order valence-corrected chi connectivity index (χ1v) is 9.96. The van der Waals surface area contributed by atoms with Crippen LogP contribution in [0.5, 0.6) is 0 Å². The van der Waals surface area contributed by atoms with Crippen LogP contribution in [-0.4, -0.2) is 0 Å². The third kappa shape index (κ3) is 2.78. The maximum atomic E-state index is 3.49. The molecule has 0 spiro atoms. The van der Waals surface area contributed by atoms with E-state index in [9.17, 15) is 0 Å². The molecule has 2 aliphatic carbocycles.